The van der Waals surface area contributed by atoms with E-state index in [4.69, 9.17) is 5.73 Å². The number of benzene rings is 1. The zero-order valence-electron chi connectivity index (χ0n) is 11.0. The number of hydrogen-bond acceptors (Lipinski definition) is 3. The quantitative estimate of drug-likeness (QED) is 0.674. The average Bonchev–Trinajstić information content (AvgIpc) is 2.34. The fourth-order valence-electron chi connectivity index (χ4n) is 1.55. The second kappa shape index (κ2) is 7.01. The minimum atomic E-state index is -0.686. The van der Waals surface area contributed by atoms with Gasteiger partial charge >= 0.3 is 0 Å². The van der Waals surface area contributed by atoms with Gasteiger partial charge in [0.1, 0.15) is 0 Å². The molecule has 1 atom stereocenters. The van der Waals surface area contributed by atoms with Crippen LogP contribution in [0.15, 0.2) is 24.3 Å². The van der Waals surface area contributed by atoms with E-state index in [2.05, 4.69) is 19.2 Å². The van der Waals surface area contributed by atoms with Gasteiger partial charge in [0.25, 0.3) is 0 Å². The first-order chi connectivity index (χ1) is 8.49. The predicted molar refractivity (Wildman–Crippen MR) is 72.9 cm³/mol. The third-order valence-corrected chi connectivity index (χ3v) is 2.76. The molecule has 1 aromatic carbocycles. The summed E-state index contributed by atoms with van der Waals surface area (Å²) in [6.45, 7) is 4.40. The topological polar surface area (TPSA) is 75.3 Å². The van der Waals surface area contributed by atoms with Gasteiger partial charge < -0.3 is 16.2 Å². The van der Waals surface area contributed by atoms with Crippen LogP contribution in [-0.4, -0.2) is 17.6 Å². The van der Waals surface area contributed by atoms with E-state index in [1.807, 2.05) is 0 Å². The monoisotopic (exact) mass is 250 g/mol. The molecule has 4 nitrogen and oxygen atoms in total. The van der Waals surface area contributed by atoms with Crippen molar-refractivity contribution >= 4 is 11.6 Å². The Bertz CT molecular complexity index is 374. The molecule has 4 N–H and O–H groups in total. The molecule has 1 amide bonds. The predicted octanol–water partition coefficient (Wildman–Crippen LogP) is 1.85. The van der Waals surface area contributed by atoms with Crippen molar-refractivity contribution in [3.05, 3.63) is 29.8 Å². The highest BCUT2D eigenvalue weighted by molar-refractivity contribution is 5.75. The lowest BCUT2D eigenvalue weighted by Crippen LogP contribution is -2.28. The second-order valence-electron chi connectivity index (χ2n) is 4.92. The van der Waals surface area contributed by atoms with Crippen LogP contribution in [0.4, 0.5) is 5.69 Å². The van der Waals surface area contributed by atoms with Gasteiger partial charge in [-0.2, -0.15) is 0 Å². The van der Waals surface area contributed by atoms with E-state index < -0.39 is 6.10 Å². The second-order valence-corrected chi connectivity index (χ2v) is 4.92. The fraction of sp³-hybridized carbons (Fsp3) is 0.500. The van der Waals surface area contributed by atoms with Crippen LogP contribution in [0, 0.1) is 5.92 Å². The zero-order valence-corrected chi connectivity index (χ0v) is 11.0. The van der Waals surface area contributed by atoms with Gasteiger partial charge in [-0.1, -0.05) is 26.0 Å². The van der Waals surface area contributed by atoms with Crippen molar-refractivity contribution in [2.24, 2.45) is 5.92 Å². The molecule has 1 rings (SSSR count). The smallest absolute Gasteiger partial charge is 0.220 e. The first-order valence-corrected chi connectivity index (χ1v) is 6.29. The molecule has 0 bridgehead atoms. The number of nitrogen functional groups attached to an aromatic ring is 1. The molecule has 18 heavy (non-hydrogen) atoms. The summed E-state index contributed by atoms with van der Waals surface area (Å²) in [5.74, 6) is 0.496. The van der Waals surface area contributed by atoms with Crippen LogP contribution < -0.4 is 11.1 Å². The molecule has 0 saturated carbocycles. The summed E-state index contributed by atoms with van der Waals surface area (Å²) in [7, 11) is 0. The molecule has 0 radical (unpaired) electrons. The first-order valence-electron chi connectivity index (χ1n) is 6.29. The Labute approximate surface area is 108 Å². The molecule has 0 fully saturated rings. The summed E-state index contributed by atoms with van der Waals surface area (Å²) < 4.78 is 0. The summed E-state index contributed by atoms with van der Waals surface area (Å²) in [6, 6.07) is 7.00. The summed E-state index contributed by atoms with van der Waals surface area (Å²) in [4.78, 5) is 11.5. The molecule has 100 valence electrons. The van der Waals surface area contributed by atoms with Gasteiger partial charge in [0.2, 0.25) is 5.91 Å². The van der Waals surface area contributed by atoms with Crippen LogP contribution in [0.25, 0.3) is 0 Å². The number of hydrogen-bond donors (Lipinski definition) is 3. The van der Waals surface area contributed by atoms with Gasteiger partial charge in [0, 0.05) is 18.7 Å². The minimum absolute atomic E-state index is 0.0156. The maximum Gasteiger partial charge on any atom is 0.220 e. The van der Waals surface area contributed by atoms with Gasteiger partial charge in [0.05, 0.1) is 6.10 Å². The number of carbonyl (C=O) groups excluding carboxylic acids is 1. The van der Waals surface area contributed by atoms with Crippen LogP contribution in [0.2, 0.25) is 0 Å². The first kappa shape index (κ1) is 14.5. The lowest BCUT2D eigenvalue weighted by atomic mass is 10.1. The van der Waals surface area contributed by atoms with Crippen molar-refractivity contribution < 1.29 is 9.90 Å². The molecular weight excluding hydrogens is 228 g/mol. The molecule has 0 aromatic heterocycles. The summed E-state index contributed by atoms with van der Waals surface area (Å²) >= 11 is 0. The highest BCUT2D eigenvalue weighted by Crippen LogP contribution is 2.14. The minimum Gasteiger partial charge on any atom is -0.399 e. The van der Waals surface area contributed by atoms with E-state index >= 15 is 0 Å². The SMILES string of the molecule is CC(C)CCC(=O)NCC(O)c1ccc(N)cc1. The van der Waals surface area contributed by atoms with E-state index in [1.165, 1.54) is 0 Å². The Hall–Kier alpha value is -1.55. The Morgan fingerprint density at radius 3 is 2.50 bits per heavy atom. The van der Waals surface area contributed by atoms with Crippen LogP contribution >= 0.6 is 0 Å². The number of amides is 1. The molecule has 0 aliphatic carbocycles. The average molecular weight is 250 g/mol. The number of anilines is 1. The number of carbonyl (C=O) groups is 1. The van der Waals surface area contributed by atoms with Crippen molar-refractivity contribution in [3.8, 4) is 0 Å². The molecule has 1 unspecified atom stereocenters. The number of aliphatic hydroxyl groups is 1. The van der Waals surface area contributed by atoms with Gasteiger partial charge in [-0.05, 0) is 30.0 Å². The molecule has 0 heterocycles. The van der Waals surface area contributed by atoms with Crippen LogP contribution in [-0.2, 0) is 4.79 Å². The summed E-state index contributed by atoms with van der Waals surface area (Å²) in [5, 5.41) is 12.6. The van der Waals surface area contributed by atoms with Crippen LogP contribution in [0.1, 0.15) is 38.4 Å². The maximum atomic E-state index is 11.5. The van der Waals surface area contributed by atoms with Gasteiger partial charge in [-0.25, -0.2) is 0 Å². The third-order valence-electron chi connectivity index (χ3n) is 2.76. The molecule has 0 spiro atoms. The van der Waals surface area contributed by atoms with Crippen molar-refractivity contribution in [3.63, 3.8) is 0 Å². The van der Waals surface area contributed by atoms with Crippen molar-refractivity contribution in [2.45, 2.75) is 32.8 Å². The van der Waals surface area contributed by atoms with Crippen LogP contribution in [0.3, 0.4) is 0 Å². The highest BCUT2D eigenvalue weighted by atomic mass is 16.3. The number of aliphatic hydroxyl groups excluding tert-OH is 1. The maximum absolute atomic E-state index is 11.5. The molecule has 4 heteroatoms. The van der Waals surface area contributed by atoms with Gasteiger partial charge in [-0.3, -0.25) is 4.79 Å². The highest BCUT2D eigenvalue weighted by Gasteiger charge is 2.09. The Kier molecular flexibility index (Phi) is 5.65. The van der Waals surface area contributed by atoms with Gasteiger partial charge in [0.15, 0.2) is 0 Å². The van der Waals surface area contributed by atoms with E-state index in [0.29, 0.717) is 18.0 Å². The third kappa shape index (κ3) is 5.19. The van der Waals surface area contributed by atoms with E-state index in [9.17, 15) is 9.90 Å². The number of rotatable bonds is 6. The van der Waals surface area contributed by atoms with E-state index in [-0.39, 0.29) is 12.5 Å². The van der Waals surface area contributed by atoms with Crippen molar-refractivity contribution in [1.29, 1.82) is 0 Å². The Balaban J connectivity index is 2.34. The normalized spacial score (nSPS) is 12.4. The van der Waals surface area contributed by atoms with E-state index in [0.717, 1.165) is 12.0 Å². The molecular formula is C14H22N2O2. The number of nitrogens with one attached hydrogen (secondary N) is 1. The lowest BCUT2D eigenvalue weighted by Gasteiger charge is -2.13. The summed E-state index contributed by atoms with van der Waals surface area (Å²) in [6.07, 6.45) is 0.684. The molecule has 0 aliphatic rings. The fourth-order valence-corrected chi connectivity index (χ4v) is 1.55. The Morgan fingerprint density at radius 2 is 1.94 bits per heavy atom. The molecule has 0 saturated heterocycles. The Morgan fingerprint density at radius 1 is 1.33 bits per heavy atom. The molecule has 0 aliphatic heterocycles. The van der Waals surface area contributed by atoms with Crippen molar-refractivity contribution in [1.82, 2.24) is 5.32 Å². The van der Waals surface area contributed by atoms with Crippen LogP contribution in [0.5, 0.6) is 0 Å². The van der Waals surface area contributed by atoms with Crippen molar-refractivity contribution in [2.75, 3.05) is 12.3 Å². The standard InChI is InChI=1S/C14H22N2O2/c1-10(2)3-8-14(18)16-9-13(17)11-4-6-12(15)7-5-11/h4-7,10,13,17H,3,8-9,15H2,1-2H3,(H,16,18). The van der Waals surface area contributed by atoms with Gasteiger partial charge in [-0.15, -0.1) is 0 Å². The largest absolute Gasteiger partial charge is 0.399 e. The zero-order chi connectivity index (χ0) is 13.5. The lowest BCUT2D eigenvalue weighted by molar-refractivity contribution is -0.121. The molecule has 1 aromatic rings. The summed E-state index contributed by atoms with van der Waals surface area (Å²) in [5.41, 5.74) is 6.98. The van der Waals surface area contributed by atoms with E-state index in [1.54, 1.807) is 24.3 Å². The number of nitrogens with two attached hydrogens (primary N) is 1.